The molecule has 7 rings (SSSR count). The second-order valence-electron chi connectivity index (χ2n) is 12.3. The van der Waals surface area contributed by atoms with Crippen molar-refractivity contribution in [1.29, 1.82) is 0 Å². The quantitative estimate of drug-likeness (QED) is 0.209. The molecule has 47 heavy (non-hydrogen) atoms. The molecule has 1 N–H and O–H groups in total. The molecule has 4 heterocycles. The van der Waals surface area contributed by atoms with Gasteiger partial charge in [0.1, 0.15) is 11.4 Å². The van der Waals surface area contributed by atoms with Gasteiger partial charge in [0.05, 0.1) is 31.4 Å². The number of fused-ring (bicyclic) bond motifs is 1. The van der Waals surface area contributed by atoms with Crippen LogP contribution in [0.3, 0.4) is 0 Å². The highest BCUT2D eigenvalue weighted by Gasteiger charge is 2.32. The zero-order valence-corrected chi connectivity index (χ0v) is 26.6. The highest BCUT2D eigenvalue weighted by atomic mass is 19.1. The fourth-order valence-corrected chi connectivity index (χ4v) is 6.87. The van der Waals surface area contributed by atoms with Gasteiger partial charge in [-0.25, -0.2) is 4.39 Å². The van der Waals surface area contributed by atoms with Crippen molar-refractivity contribution in [2.45, 2.75) is 45.2 Å². The fourth-order valence-electron chi connectivity index (χ4n) is 6.87. The van der Waals surface area contributed by atoms with Crippen LogP contribution in [0.2, 0.25) is 0 Å². The predicted octanol–water partition coefficient (Wildman–Crippen LogP) is 6.57. The van der Waals surface area contributed by atoms with Crippen LogP contribution in [0.25, 0.3) is 27.6 Å². The number of nitrogens with one attached hydrogen (secondary N) is 1. The third-order valence-corrected chi connectivity index (χ3v) is 9.33. The fraction of sp³-hybridized carbons (Fsp3) is 0.297. The van der Waals surface area contributed by atoms with Crippen molar-refractivity contribution in [3.05, 3.63) is 107 Å². The van der Waals surface area contributed by atoms with E-state index in [1.54, 1.807) is 35.2 Å². The number of nitrogens with zero attached hydrogens (tertiary/aromatic N) is 5. The van der Waals surface area contributed by atoms with Crippen molar-refractivity contribution in [1.82, 2.24) is 29.8 Å². The molecule has 240 valence electrons. The molecule has 0 unspecified atom stereocenters. The van der Waals surface area contributed by atoms with Gasteiger partial charge in [-0.1, -0.05) is 59.3 Å². The van der Waals surface area contributed by atoms with E-state index in [4.69, 9.17) is 4.74 Å². The summed E-state index contributed by atoms with van der Waals surface area (Å²) in [5.74, 6) is 0.00981. The van der Waals surface area contributed by atoms with Crippen LogP contribution in [-0.2, 0) is 11.3 Å². The van der Waals surface area contributed by atoms with E-state index in [0.717, 1.165) is 35.1 Å². The SMILES string of the molecule is COc1ccccc1-c1cc(C2=CCCN(C(=O)CCn3ccnn3)C2)c(F)c2[nH]c(C(=O)N3CCC[C@H]3c3ccc(C)cc3)cc12. The number of carbonyl (C=O) groups is 2. The van der Waals surface area contributed by atoms with Crippen molar-refractivity contribution in [3.63, 3.8) is 0 Å². The van der Waals surface area contributed by atoms with E-state index in [1.165, 1.54) is 5.56 Å². The van der Waals surface area contributed by atoms with Crippen LogP contribution < -0.4 is 4.74 Å². The smallest absolute Gasteiger partial charge is 0.270 e. The molecule has 5 aromatic rings. The molecule has 10 heteroatoms. The number of halogens is 1. The Morgan fingerprint density at radius 2 is 1.87 bits per heavy atom. The summed E-state index contributed by atoms with van der Waals surface area (Å²) in [6.45, 7) is 3.94. The minimum absolute atomic E-state index is 0.0287. The maximum Gasteiger partial charge on any atom is 0.270 e. The number of methoxy groups -OCH3 is 1. The van der Waals surface area contributed by atoms with Crippen LogP contribution in [-0.4, -0.2) is 68.3 Å². The number of hydrogen-bond donors (Lipinski definition) is 1. The number of H-pyrrole nitrogens is 1. The molecule has 3 aromatic carbocycles. The molecule has 2 amide bonds. The average Bonchev–Trinajstić information content (AvgIpc) is 3.90. The van der Waals surface area contributed by atoms with Gasteiger partial charge in [-0.2, -0.15) is 0 Å². The van der Waals surface area contributed by atoms with Crippen molar-refractivity contribution in [2.75, 3.05) is 26.7 Å². The van der Waals surface area contributed by atoms with E-state index >= 15 is 4.39 Å². The number of amides is 2. The van der Waals surface area contributed by atoms with Crippen molar-refractivity contribution in [3.8, 4) is 16.9 Å². The normalized spacial score (nSPS) is 16.5. The Kier molecular flexibility index (Phi) is 8.32. The maximum absolute atomic E-state index is 16.7. The second-order valence-corrected chi connectivity index (χ2v) is 12.3. The average molecular weight is 633 g/mol. The lowest BCUT2D eigenvalue weighted by Crippen LogP contribution is -2.36. The maximum atomic E-state index is 16.7. The Morgan fingerprint density at radius 1 is 1.04 bits per heavy atom. The summed E-state index contributed by atoms with van der Waals surface area (Å²) >= 11 is 0. The molecular formula is C37H37FN6O3. The third kappa shape index (κ3) is 5.91. The first kappa shape index (κ1) is 30.4. The lowest BCUT2D eigenvalue weighted by molar-refractivity contribution is -0.131. The largest absolute Gasteiger partial charge is 0.496 e. The molecule has 0 saturated carbocycles. The van der Waals surface area contributed by atoms with E-state index in [9.17, 15) is 9.59 Å². The first-order valence-electron chi connectivity index (χ1n) is 16.1. The standard InChI is InChI=1S/C37H37FN6O3/c1-24-11-13-25(14-12-24)32-9-6-18-44(32)37(46)31-22-30-29(27-8-3-4-10-33(27)47-2)21-28(35(38)36(30)40-31)26-7-5-17-42(23-26)34(45)15-19-43-20-16-39-41-43/h3-4,7-8,10-14,16,20-22,32,40H,5-6,9,15,17-19,23H2,1-2H3/t32-/m0/s1. The van der Waals surface area contributed by atoms with Gasteiger partial charge in [-0.3, -0.25) is 14.3 Å². The number of aromatic amines is 1. The van der Waals surface area contributed by atoms with Crippen LogP contribution in [0.15, 0.2) is 79.1 Å². The summed E-state index contributed by atoms with van der Waals surface area (Å²) in [5, 5.41) is 8.35. The molecule has 0 radical (unpaired) electrons. The van der Waals surface area contributed by atoms with Gasteiger partial charge in [-0.05, 0) is 61.1 Å². The molecule has 0 bridgehead atoms. The zero-order valence-electron chi connectivity index (χ0n) is 26.6. The van der Waals surface area contributed by atoms with E-state index in [0.29, 0.717) is 48.4 Å². The van der Waals surface area contributed by atoms with Crippen LogP contribution in [0.1, 0.15) is 58.9 Å². The molecule has 1 saturated heterocycles. The van der Waals surface area contributed by atoms with E-state index < -0.39 is 5.82 Å². The van der Waals surface area contributed by atoms with Crippen LogP contribution in [0.5, 0.6) is 5.75 Å². The van der Waals surface area contributed by atoms with Gasteiger partial charge in [0.15, 0.2) is 5.82 Å². The Labute approximate surface area is 272 Å². The summed E-state index contributed by atoms with van der Waals surface area (Å²) in [4.78, 5) is 34.1. The van der Waals surface area contributed by atoms with Gasteiger partial charge in [0.2, 0.25) is 5.91 Å². The van der Waals surface area contributed by atoms with Crippen LogP contribution >= 0.6 is 0 Å². The Bertz CT molecular complexity index is 1960. The van der Waals surface area contributed by atoms with Gasteiger partial charge < -0.3 is 19.5 Å². The first-order chi connectivity index (χ1) is 22.9. The molecule has 2 aliphatic heterocycles. The number of aromatic nitrogens is 4. The Hall–Kier alpha value is -5.25. The van der Waals surface area contributed by atoms with Gasteiger partial charge in [-0.15, -0.1) is 5.10 Å². The van der Waals surface area contributed by atoms with E-state index in [2.05, 4.69) is 39.6 Å². The topological polar surface area (TPSA) is 96.3 Å². The zero-order chi connectivity index (χ0) is 32.5. The molecule has 1 atom stereocenters. The van der Waals surface area contributed by atoms with Crippen molar-refractivity contribution < 1.29 is 18.7 Å². The van der Waals surface area contributed by atoms with Gasteiger partial charge in [0.25, 0.3) is 5.91 Å². The molecular weight excluding hydrogens is 595 g/mol. The predicted molar refractivity (Wildman–Crippen MR) is 178 cm³/mol. The van der Waals surface area contributed by atoms with Crippen molar-refractivity contribution >= 4 is 28.3 Å². The molecule has 2 aliphatic rings. The number of carbonyl (C=O) groups excluding carboxylic acids is 2. The van der Waals surface area contributed by atoms with Crippen molar-refractivity contribution in [2.24, 2.45) is 0 Å². The number of para-hydroxylation sites is 1. The Morgan fingerprint density at radius 3 is 2.66 bits per heavy atom. The van der Waals surface area contributed by atoms with E-state index in [-0.39, 0.29) is 36.3 Å². The second kappa shape index (κ2) is 12.9. The Balaban J connectivity index is 1.26. The lowest BCUT2D eigenvalue weighted by Gasteiger charge is -2.28. The monoisotopic (exact) mass is 632 g/mol. The lowest BCUT2D eigenvalue weighted by atomic mass is 9.93. The minimum atomic E-state index is -0.447. The highest BCUT2D eigenvalue weighted by molar-refractivity contribution is 6.05. The summed E-state index contributed by atoms with van der Waals surface area (Å²) < 4.78 is 24.0. The number of aryl methyl sites for hydroxylation is 2. The molecule has 9 nitrogen and oxygen atoms in total. The number of rotatable bonds is 8. The molecule has 1 fully saturated rings. The van der Waals surface area contributed by atoms with Crippen LogP contribution in [0.4, 0.5) is 4.39 Å². The van der Waals surface area contributed by atoms with Gasteiger partial charge in [0, 0.05) is 48.8 Å². The number of likely N-dealkylation sites (tertiary alicyclic amines) is 1. The summed E-state index contributed by atoms with van der Waals surface area (Å²) in [5.41, 5.74) is 5.52. The summed E-state index contributed by atoms with van der Waals surface area (Å²) in [7, 11) is 1.61. The summed E-state index contributed by atoms with van der Waals surface area (Å²) in [6.07, 6.45) is 7.96. The molecule has 0 spiro atoms. The highest BCUT2D eigenvalue weighted by Crippen LogP contribution is 2.41. The number of hydrogen-bond acceptors (Lipinski definition) is 5. The molecule has 2 aromatic heterocycles. The minimum Gasteiger partial charge on any atom is -0.496 e. The number of ether oxygens (including phenoxy) is 1. The van der Waals surface area contributed by atoms with Gasteiger partial charge >= 0.3 is 0 Å². The molecule has 0 aliphatic carbocycles. The first-order valence-corrected chi connectivity index (χ1v) is 16.1. The van der Waals surface area contributed by atoms with E-state index in [1.807, 2.05) is 48.2 Å². The number of benzene rings is 3. The van der Waals surface area contributed by atoms with Crippen LogP contribution in [0, 0.1) is 12.7 Å². The third-order valence-electron chi connectivity index (χ3n) is 9.33. The summed E-state index contributed by atoms with van der Waals surface area (Å²) in [6, 6.07) is 19.5.